The van der Waals surface area contributed by atoms with Crippen LogP contribution in [0.2, 0.25) is 0 Å². The van der Waals surface area contributed by atoms with Crippen molar-refractivity contribution in [1.82, 2.24) is 0 Å². The molecule has 4 aliphatic carbocycles. The van der Waals surface area contributed by atoms with Crippen LogP contribution in [0, 0.1) is 84.9 Å². The topological polar surface area (TPSA) is 9.23 Å². The molecule has 6 rings (SSSR count). The summed E-state index contributed by atoms with van der Waals surface area (Å²) >= 11 is -0.826. The van der Waals surface area contributed by atoms with Gasteiger partial charge in [0.15, 0.2) is 0 Å². The van der Waals surface area contributed by atoms with Gasteiger partial charge >= 0.3 is 37.9 Å². The van der Waals surface area contributed by atoms with Gasteiger partial charge in [-0.2, -0.15) is 0 Å². The van der Waals surface area contributed by atoms with E-state index in [2.05, 4.69) is 145 Å². The van der Waals surface area contributed by atoms with Crippen LogP contribution in [0.3, 0.4) is 0 Å². The molecule has 1 nitrogen and oxygen atoms in total. The van der Waals surface area contributed by atoms with Gasteiger partial charge in [0.1, 0.15) is 0 Å². The first-order chi connectivity index (χ1) is 25.0. The summed E-state index contributed by atoms with van der Waals surface area (Å²) in [5, 5.41) is 0. The molecule has 316 valence electrons. The molecule has 0 spiro atoms. The Hall–Kier alpha value is -0.137. The van der Waals surface area contributed by atoms with E-state index in [1.807, 2.05) is 7.11 Å². The number of fused-ring (bicyclic) bond motifs is 2. The van der Waals surface area contributed by atoms with Crippen LogP contribution in [0.25, 0.3) is 0 Å². The van der Waals surface area contributed by atoms with E-state index in [4.69, 9.17) is 21.8 Å². The van der Waals surface area contributed by atoms with E-state index in [9.17, 15) is 0 Å². The number of methoxy groups -OCH3 is 1. The Morgan fingerprint density at radius 3 is 1.54 bits per heavy atom. The number of hydrogen-bond acceptors (Lipinski definition) is 1. The van der Waals surface area contributed by atoms with Crippen LogP contribution in [0.5, 0.6) is 0 Å². The minimum absolute atomic E-state index is 0. The predicted molar refractivity (Wildman–Crippen MR) is 244 cm³/mol. The van der Waals surface area contributed by atoms with E-state index in [0.29, 0.717) is 29.3 Å². The Balaban J connectivity index is 0.00000163. The molecular formula is C52H84Cl2OZr. The van der Waals surface area contributed by atoms with Crippen LogP contribution in [-0.2, 0) is 36.4 Å². The van der Waals surface area contributed by atoms with Crippen LogP contribution in [-0.4, -0.2) is 13.2 Å². The Kier molecular flexibility index (Phi) is 17.3. The molecule has 4 fully saturated rings. The Morgan fingerprint density at radius 1 is 0.607 bits per heavy atom. The van der Waals surface area contributed by atoms with Crippen molar-refractivity contribution in [3.05, 3.63) is 85.6 Å². The first-order valence-electron chi connectivity index (χ1n) is 21.7. The molecule has 0 amide bonds. The molecule has 4 aliphatic rings. The number of hydrogen-bond donors (Lipinski definition) is 0. The zero-order chi connectivity index (χ0) is 40.1. The van der Waals surface area contributed by atoms with E-state index >= 15 is 0 Å². The zero-order valence-electron chi connectivity index (χ0n) is 39.0. The van der Waals surface area contributed by atoms with Crippen molar-refractivity contribution in [2.24, 2.45) is 70.0 Å². The second-order valence-corrected chi connectivity index (χ2v) is 26.8. The normalized spacial score (nSPS) is 34.5. The molecule has 2 aromatic rings. The molecule has 2 aromatic carbocycles. The second kappa shape index (κ2) is 19.3. The van der Waals surface area contributed by atoms with Gasteiger partial charge in [0.05, 0.1) is 6.10 Å². The molecule has 4 heteroatoms. The van der Waals surface area contributed by atoms with Crippen LogP contribution >= 0.6 is 17.0 Å². The SMILES string of the molecule is COC1C(c2ccccc2)C2CC(C)C(CC3C(C)CC4C(c5cc(C(C)(C)C)cc(C(C)(C)C)c5)CC(C(C)(C)C)CC34)C2CC1C(C)(C)C.[CH3-].[CH3-].[Cl][Zr+2][Cl]. The molecule has 0 bridgehead atoms. The summed E-state index contributed by atoms with van der Waals surface area (Å²) in [6.07, 6.45) is 8.65. The average Bonchev–Trinajstić information content (AvgIpc) is 3.56. The maximum atomic E-state index is 6.55. The summed E-state index contributed by atoms with van der Waals surface area (Å²) in [6.45, 7) is 34.9. The third-order valence-electron chi connectivity index (χ3n) is 15.8. The minimum atomic E-state index is -0.826. The van der Waals surface area contributed by atoms with Crippen molar-refractivity contribution in [2.75, 3.05) is 7.11 Å². The molecule has 4 saturated carbocycles. The molecule has 0 N–H and O–H groups in total. The van der Waals surface area contributed by atoms with Gasteiger partial charge in [0.2, 0.25) is 0 Å². The van der Waals surface area contributed by atoms with E-state index in [1.54, 1.807) is 5.56 Å². The van der Waals surface area contributed by atoms with Gasteiger partial charge in [0.25, 0.3) is 0 Å². The monoisotopic (exact) mass is 884 g/mol. The van der Waals surface area contributed by atoms with Crippen LogP contribution in [0.15, 0.2) is 48.5 Å². The van der Waals surface area contributed by atoms with E-state index in [1.165, 1.54) is 55.2 Å². The molecular weight excluding hydrogens is 803 g/mol. The third kappa shape index (κ3) is 10.8. The summed E-state index contributed by atoms with van der Waals surface area (Å²) in [4.78, 5) is 0. The number of benzene rings is 2. The average molecular weight is 887 g/mol. The maximum absolute atomic E-state index is 6.55. The number of ether oxygens (including phenoxy) is 1. The number of rotatable bonds is 5. The molecule has 0 heterocycles. The van der Waals surface area contributed by atoms with Gasteiger partial charge in [-0.15, -0.1) is 0 Å². The van der Waals surface area contributed by atoms with Crippen molar-refractivity contribution in [3.8, 4) is 0 Å². The fourth-order valence-corrected chi connectivity index (χ4v) is 12.7. The van der Waals surface area contributed by atoms with Crippen molar-refractivity contribution >= 4 is 17.0 Å². The fraction of sp³-hybridized carbons (Fsp3) is 0.731. The van der Waals surface area contributed by atoms with Crippen molar-refractivity contribution in [3.63, 3.8) is 0 Å². The first kappa shape index (κ1) is 50.2. The van der Waals surface area contributed by atoms with Crippen LogP contribution in [0.1, 0.15) is 170 Å². The number of halogens is 2. The molecule has 0 saturated heterocycles. The van der Waals surface area contributed by atoms with Crippen molar-refractivity contribution in [2.45, 2.75) is 164 Å². The summed E-state index contributed by atoms with van der Waals surface area (Å²) in [6, 6.07) is 19.4. The Bertz CT molecular complexity index is 1480. The van der Waals surface area contributed by atoms with Gasteiger partial charge in [-0.3, -0.25) is 0 Å². The summed E-state index contributed by atoms with van der Waals surface area (Å²) in [5.41, 5.74) is 7.10. The molecule has 56 heavy (non-hydrogen) atoms. The predicted octanol–water partition coefficient (Wildman–Crippen LogP) is 16.1. The summed E-state index contributed by atoms with van der Waals surface area (Å²) in [7, 11) is 11.9. The van der Waals surface area contributed by atoms with E-state index < -0.39 is 20.8 Å². The third-order valence-corrected chi connectivity index (χ3v) is 15.8. The second-order valence-electron chi connectivity index (χ2n) is 23.0. The van der Waals surface area contributed by atoms with E-state index in [0.717, 1.165) is 53.3 Å². The Morgan fingerprint density at radius 2 is 1.09 bits per heavy atom. The van der Waals surface area contributed by atoms with Gasteiger partial charge in [-0.05, 0) is 148 Å². The van der Waals surface area contributed by atoms with Gasteiger partial charge in [-0.1, -0.05) is 145 Å². The van der Waals surface area contributed by atoms with E-state index in [-0.39, 0.29) is 31.1 Å². The van der Waals surface area contributed by atoms with Gasteiger partial charge in [0, 0.05) is 13.0 Å². The van der Waals surface area contributed by atoms with Crippen LogP contribution < -0.4 is 0 Å². The zero-order valence-corrected chi connectivity index (χ0v) is 43.0. The van der Waals surface area contributed by atoms with Crippen molar-refractivity contribution < 1.29 is 25.6 Å². The fourth-order valence-electron chi connectivity index (χ4n) is 12.7. The van der Waals surface area contributed by atoms with Crippen molar-refractivity contribution in [1.29, 1.82) is 0 Å². The summed E-state index contributed by atoms with van der Waals surface area (Å²) in [5.74, 6) is 8.92. The standard InChI is InChI=1S/C50H78O.2CH3.2ClH.Zr/c1-30-21-40-39(33-23-34(47(3,4)5)25-35(24-33)48(6,7)8)26-36(49(9,10)11)27-41(40)37(30)28-38-31(2)22-43-42(38)29-44(50(12,13)14)46(51-15)45(43)32-19-17-16-18-20-32;;;;;/h16-20,23-25,30-31,36-46H,21-22,26-29H2,1-15H3;2*1H3;2*1H;/q;2*-1;;;+4/p-2. The Labute approximate surface area is 367 Å². The van der Waals surface area contributed by atoms with Crippen LogP contribution in [0.4, 0.5) is 0 Å². The van der Waals surface area contributed by atoms with Gasteiger partial charge in [-0.25, -0.2) is 0 Å². The molecule has 13 unspecified atom stereocenters. The molecule has 13 atom stereocenters. The molecule has 0 aliphatic heterocycles. The van der Waals surface area contributed by atoms with Gasteiger partial charge < -0.3 is 19.6 Å². The quantitative estimate of drug-likeness (QED) is 0.272. The summed E-state index contributed by atoms with van der Waals surface area (Å²) < 4.78 is 6.55. The first-order valence-corrected chi connectivity index (χ1v) is 28.0. The molecule has 0 radical (unpaired) electrons. The molecule has 0 aromatic heterocycles.